The van der Waals surface area contributed by atoms with E-state index in [-0.39, 0.29) is 0 Å². The summed E-state index contributed by atoms with van der Waals surface area (Å²) in [6.07, 6.45) is 0. The molecule has 0 saturated heterocycles. The molecule has 0 heterocycles. The molecule has 0 rings (SSSR count). The van der Waals surface area contributed by atoms with E-state index in [1.807, 2.05) is 0 Å². The van der Waals surface area contributed by atoms with Gasteiger partial charge in [0.15, 0.2) is 0 Å². The molecule has 0 spiro atoms. The van der Waals surface area contributed by atoms with Crippen LogP contribution >= 0.6 is 0 Å². The molecule has 0 aliphatic heterocycles. The zero-order chi connectivity index (χ0) is 11.0. The fourth-order valence-corrected chi connectivity index (χ4v) is 0. The van der Waals surface area contributed by atoms with E-state index in [9.17, 15) is 24.2 Å². The van der Waals surface area contributed by atoms with E-state index in [1.54, 1.807) is 0 Å². The van der Waals surface area contributed by atoms with Gasteiger partial charge in [0, 0.05) is 9.15 Å². The third-order valence-corrected chi connectivity index (χ3v) is 0. The van der Waals surface area contributed by atoms with Crippen molar-refractivity contribution in [1.82, 2.24) is 0 Å². The van der Waals surface area contributed by atoms with Gasteiger partial charge in [-0.15, -0.1) is 0 Å². The Morgan fingerprint density at radius 3 is 0.417 bits per heavy atom. The van der Waals surface area contributed by atoms with E-state index in [0.29, 0.717) is 0 Å². The van der Waals surface area contributed by atoms with Crippen LogP contribution in [0.2, 0.25) is 0 Å². The first-order valence-electron chi connectivity index (χ1n) is 1.50. The first kappa shape index (κ1) is 18.5. The number of hydrogen-bond donors (Lipinski definition) is 0. The Bertz CT molecular complexity index is 50.8. The molecule has 0 fully saturated rings. The van der Waals surface area contributed by atoms with Crippen LogP contribution in [-0.2, 0) is 38.6 Å². The van der Waals surface area contributed by atoms with E-state index in [1.165, 1.54) is 0 Å². The quantitative estimate of drug-likeness (QED) is 0.396. The number of rotatable bonds is 0. The molecule has 0 radical (unpaired) electrons. The van der Waals surface area contributed by atoms with Crippen molar-refractivity contribution >= 4 is 0 Å². The Balaban J connectivity index is -0.000000112. The van der Waals surface area contributed by atoms with E-state index in [4.69, 9.17) is 9.15 Å². The molecule has 12 heteroatoms. The molecule has 0 nitrogen and oxygen atoms in total. The topological polar surface area (TPSA) is 0 Å². The first-order valence-corrected chi connectivity index (χ1v) is 11.2. The van der Waals surface area contributed by atoms with Gasteiger partial charge < -0.3 is 0 Å². The third-order valence-electron chi connectivity index (χ3n) is 0. The normalized spacial score (nSPS) is 10.5. The van der Waals surface area contributed by atoms with Gasteiger partial charge in [0.05, 0.1) is 0 Å². The molecule has 0 N–H and O–H groups in total. The van der Waals surface area contributed by atoms with Crippen LogP contribution in [-0.4, -0.2) is 0 Å². The average Bonchev–Trinajstić information content (AvgIpc) is 1.59. The summed E-state index contributed by atoms with van der Waals surface area (Å²) >= 11 is -14.4. The van der Waals surface area contributed by atoms with Gasteiger partial charge in [-0.3, -0.25) is 0 Å². The van der Waals surface area contributed by atoms with Crippen LogP contribution in [0.25, 0.3) is 0 Å². The number of halogens is 10. The van der Waals surface area contributed by atoms with Crippen molar-refractivity contribution in [3.8, 4) is 0 Å². The van der Waals surface area contributed by atoms with Crippen molar-refractivity contribution in [2.75, 3.05) is 0 Å². The van der Waals surface area contributed by atoms with Crippen molar-refractivity contribution in [1.29, 1.82) is 0 Å². The van der Waals surface area contributed by atoms with Gasteiger partial charge in [-0.1, -0.05) is 0 Å². The molecule has 0 aliphatic rings. The fourth-order valence-electron chi connectivity index (χ4n) is 0. The Morgan fingerprint density at radius 1 is 0.417 bits per heavy atom. The monoisotopic (exact) mass is 552 g/mol. The molecule has 80 valence electrons. The van der Waals surface area contributed by atoms with Crippen molar-refractivity contribution in [3.63, 3.8) is 0 Å². The van der Waals surface area contributed by atoms with E-state index in [0.717, 1.165) is 0 Å². The average molecular weight is 552 g/mol. The molecule has 0 unspecified atom stereocenters. The summed E-state index contributed by atoms with van der Waals surface area (Å²) in [6.45, 7) is 0. The minimum atomic E-state index is -7.22. The molecule has 0 aliphatic carbocycles. The molecule has 0 amide bonds. The van der Waals surface area contributed by atoms with Crippen molar-refractivity contribution < 1.29 is 72.0 Å². The summed E-state index contributed by atoms with van der Waals surface area (Å²) in [5.74, 6) is 0. The summed E-state index contributed by atoms with van der Waals surface area (Å²) in [4.78, 5) is 0. The van der Waals surface area contributed by atoms with Gasteiger partial charge >= 0.3 is 62.8 Å². The molecular formula is F10Ta2. The van der Waals surface area contributed by atoms with Crippen LogP contribution in [0.15, 0.2) is 0 Å². The van der Waals surface area contributed by atoms with Gasteiger partial charge in [0.2, 0.25) is 0 Å². The maximum atomic E-state index is 9.90. The predicted molar refractivity (Wildman–Crippen MR) is 11.1 cm³/mol. The zero-order valence-corrected chi connectivity index (χ0v) is 11.1. The summed E-state index contributed by atoms with van der Waals surface area (Å²) in [5, 5.41) is 0. The Hall–Kier alpha value is 0.781. The van der Waals surface area contributed by atoms with Crippen LogP contribution in [0.4, 0.5) is 33.3 Å². The Morgan fingerprint density at radius 2 is 0.417 bits per heavy atom. The summed E-state index contributed by atoms with van der Waals surface area (Å²) in [7, 11) is 0. The van der Waals surface area contributed by atoms with Gasteiger partial charge in [0.25, 0.3) is 0 Å². The Kier molecular flexibility index (Phi) is 13.0. The van der Waals surface area contributed by atoms with Crippen LogP contribution < -0.4 is 0 Å². The van der Waals surface area contributed by atoms with E-state index >= 15 is 0 Å². The molecular weight excluding hydrogens is 552 g/mol. The minimum absolute atomic E-state index is 7.22. The van der Waals surface area contributed by atoms with Crippen molar-refractivity contribution in [2.45, 2.75) is 0 Å². The second-order valence-corrected chi connectivity index (χ2v) is 6.28. The van der Waals surface area contributed by atoms with Gasteiger partial charge in [0.1, 0.15) is 0 Å². The van der Waals surface area contributed by atoms with Gasteiger partial charge in [-0.2, -0.15) is 0 Å². The first-order chi connectivity index (χ1) is 5.00. The molecule has 0 aromatic rings. The standard InChI is InChI=1S/F2.8FH.2Ta/c1-2;;;;;;;;;;/h;8*1H;;/q;;;;;;;;;2*+4/p-8. The molecule has 12 heavy (non-hydrogen) atoms. The van der Waals surface area contributed by atoms with Crippen LogP contribution in [0.1, 0.15) is 0 Å². The molecule has 0 aromatic carbocycles. The summed E-state index contributed by atoms with van der Waals surface area (Å²) in [5.41, 5.74) is 0. The summed E-state index contributed by atoms with van der Waals surface area (Å²) < 4.78 is 95.2. The Labute approximate surface area is 72.1 Å². The SMILES string of the molecule is FF.[F][Ta]([F])([F])[F].[F][Ta]([F])([F])[F]. The van der Waals surface area contributed by atoms with Crippen molar-refractivity contribution in [2.24, 2.45) is 0 Å². The van der Waals surface area contributed by atoms with E-state index < -0.39 is 38.6 Å². The zero-order valence-electron chi connectivity index (χ0n) is 4.67. The summed E-state index contributed by atoms with van der Waals surface area (Å²) in [6, 6.07) is 0. The van der Waals surface area contributed by atoms with E-state index in [2.05, 4.69) is 0 Å². The van der Waals surface area contributed by atoms with Gasteiger partial charge in [-0.25, -0.2) is 0 Å². The van der Waals surface area contributed by atoms with Crippen molar-refractivity contribution in [3.05, 3.63) is 0 Å². The molecule has 0 atom stereocenters. The molecule has 0 bridgehead atoms. The van der Waals surface area contributed by atoms with Crippen LogP contribution in [0.5, 0.6) is 0 Å². The van der Waals surface area contributed by atoms with Gasteiger partial charge in [-0.05, 0) is 0 Å². The second kappa shape index (κ2) is 8.38. The second-order valence-electron chi connectivity index (χ2n) is 0.767. The maximum absolute atomic E-state index is 9.90. The molecule has 0 saturated carbocycles. The number of hydrogen-bond acceptors (Lipinski definition) is 0. The fraction of sp³-hybridized carbons (Fsp3) is 0. The molecule has 0 aromatic heterocycles. The third kappa shape index (κ3) is 1690. The predicted octanol–water partition coefficient (Wildman–Crippen LogP) is 4.20. The van der Waals surface area contributed by atoms with Crippen LogP contribution in [0, 0.1) is 0 Å². The van der Waals surface area contributed by atoms with Crippen LogP contribution in [0.3, 0.4) is 0 Å².